The third kappa shape index (κ3) is 3.18. The van der Waals surface area contributed by atoms with Crippen LogP contribution in [-0.4, -0.2) is 24.5 Å². The summed E-state index contributed by atoms with van der Waals surface area (Å²) in [6, 6.07) is 7.46. The van der Waals surface area contributed by atoms with Gasteiger partial charge in [0, 0.05) is 12.4 Å². The molecule has 1 aromatic heterocycles. The lowest BCUT2D eigenvalue weighted by molar-refractivity contribution is 0.311. The zero-order valence-electron chi connectivity index (χ0n) is 10.2. The molecule has 1 heterocycles. The van der Waals surface area contributed by atoms with Crippen molar-refractivity contribution in [1.82, 2.24) is 9.78 Å². The molecule has 5 nitrogen and oxygen atoms in total. The molecule has 0 saturated heterocycles. The van der Waals surface area contributed by atoms with E-state index in [0.29, 0.717) is 0 Å². The quantitative estimate of drug-likeness (QED) is 0.790. The predicted molar refractivity (Wildman–Crippen MR) is 67.9 cm³/mol. The Balaban J connectivity index is 2.27. The first-order chi connectivity index (χ1) is 8.46. The summed E-state index contributed by atoms with van der Waals surface area (Å²) < 4.78 is 28.4. The molecule has 0 unspecified atom stereocenters. The average molecular weight is 266 g/mol. The van der Waals surface area contributed by atoms with Gasteiger partial charge < -0.3 is 0 Å². The van der Waals surface area contributed by atoms with Crippen LogP contribution in [0, 0.1) is 6.92 Å². The van der Waals surface area contributed by atoms with E-state index in [1.54, 1.807) is 10.9 Å². The third-order valence-corrected chi connectivity index (χ3v) is 3.01. The van der Waals surface area contributed by atoms with E-state index in [1.165, 1.54) is 0 Å². The molecule has 0 aliphatic heterocycles. The second kappa shape index (κ2) is 4.91. The van der Waals surface area contributed by atoms with Crippen LogP contribution < -0.4 is 0 Å². The molecule has 2 rings (SSSR count). The molecule has 0 saturated carbocycles. The summed E-state index contributed by atoms with van der Waals surface area (Å²) in [5.74, 6) is 0. The van der Waals surface area contributed by atoms with E-state index in [2.05, 4.69) is 5.10 Å². The van der Waals surface area contributed by atoms with Gasteiger partial charge in [0.05, 0.1) is 18.6 Å². The van der Waals surface area contributed by atoms with Gasteiger partial charge in [-0.25, -0.2) is 4.68 Å². The Morgan fingerprint density at radius 1 is 1.39 bits per heavy atom. The van der Waals surface area contributed by atoms with Crippen molar-refractivity contribution in [3.05, 3.63) is 47.8 Å². The van der Waals surface area contributed by atoms with Gasteiger partial charge in [0.15, 0.2) is 0 Å². The van der Waals surface area contributed by atoms with E-state index in [-0.39, 0.29) is 6.61 Å². The fraction of sp³-hybridized carbons (Fsp3) is 0.250. The molecular weight excluding hydrogens is 252 g/mol. The summed E-state index contributed by atoms with van der Waals surface area (Å²) >= 11 is 0. The SMILES string of the molecule is Cc1ccc(COS(C)(=O)=O)cc1-n1cccn1. The maximum Gasteiger partial charge on any atom is 0.264 e. The highest BCUT2D eigenvalue weighted by molar-refractivity contribution is 7.85. The number of rotatable bonds is 4. The molecule has 0 amide bonds. The molecule has 0 aliphatic carbocycles. The normalized spacial score (nSPS) is 11.7. The average Bonchev–Trinajstić information content (AvgIpc) is 2.80. The van der Waals surface area contributed by atoms with Crippen LogP contribution in [0.25, 0.3) is 5.69 Å². The van der Waals surface area contributed by atoms with Crippen molar-refractivity contribution in [2.75, 3.05) is 6.26 Å². The number of benzene rings is 1. The Kier molecular flexibility index (Phi) is 3.49. The van der Waals surface area contributed by atoms with Gasteiger partial charge in [-0.05, 0) is 30.2 Å². The number of aryl methyl sites for hydroxylation is 1. The minimum atomic E-state index is -3.42. The monoisotopic (exact) mass is 266 g/mol. The van der Waals surface area contributed by atoms with E-state index < -0.39 is 10.1 Å². The molecule has 18 heavy (non-hydrogen) atoms. The standard InChI is InChI=1S/C12H14N2O3S/c1-10-4-5-11(9-17-18(2,15)16)8-12(10)14-7-3-6-13-14/h3-8H,9H2,1-2H3. The summed E-state index contributed by atoms with van der Waals surface area (Å²) in [7, 11) is -3.42. The first-order valence-corrected chi connectivity index (χ1v) is 7.21. The van der Waals surface area contributed by atoms with Crippen LogP contribution in [0.15, 0.2) is 36.7 Å². The molecule has 0 aliphatic rings. The lowest BCUT2D eigenvalue weighted by Crippen LogP contribution is -2.04. The Morgan fingerprint density at radius 2 is 2.17 bits per heavy atom. The molecule has 1 aromatic carbocycles. The van der Waals surface area contributed by atoms with Crippen molar-refractivity contribution >= 4 is 10.1 Å². The number of hydrogen-bond donors (Lipinski definition) is 0. The second-order valence-electron chi connectivity index (χ2n) is 4.04. The zero-order chi connectivity index (χ0) is 13.2. The predicted octanol–water partition coefficient (Wildman–Crippen LogP) is 1.66. The lowest BCUT2D eigenvalue weighted by Gasteiger charge is -2.08. The molecular formula is C12H14N2O3S. The number of hydrogen-bond acceptors (Lipinski definition) is 4. The molecule has 0 fully saturated rings. The molecule has 0 atom stereocenters. The largest absolute Gasteiger partial charge is 0.265 e. The Hall–Kier alpha value is -1.66. The van der Waals surface area contributed by atoms with Crippen LogP contribution in [0.1, 0.15) is 11.1 Å². The molecule has 0 N–H and O–H groups in total. The highest BCUT2D eigenvalue weighted by atomic mass is 32.2. The van der Waals surface area contributed by atoms with Gasteiger partial charge in [0.25, 0.3) is 10.1 Å². The first-order valence-electron chi connectivity index (χ1n) is 5.40. The summed E-state index contributed by atoms with van der Waals surface area (Å²) in [5, 5.41) is 4.15. The van der Waals surface area contributed by atoms with Gasteiger partial charge in [-0.15, -0.1) is 0 Å². The van der Waals surface area contributed by atoms with Gasteiger partial charge in [-0.2, -0.15) is 13.5 Å². The van der Waals surface area contributed by atoms with E-state index >= 15 is 0 Å². The number of aromatic nitrogens is 2. The minimum absolute atomic E-state index is 0.0351. The Bertz CT molecular complexity index is 633. The van der Waals surface area contributed by atoms with E-state index in [4.69, 9.17) is 4.18 Å². The Labute approximate surface area is 106 Å². The first kappa shape index (κ1) is 12.8. The maximum atomic E-state index is 10.9. The molecule has 0 radical (unpaired) electrons. The van der Waals surface area contributed by atoms with Crippen LogP contribution in [0.2, 0.25) is 0 Å². The molecule has 96 valence electrons. The van der Waals surface area contributed by atoms with Gasteiger partial charge in [0.2, 0.25) is 0 Å². The van der Waals surface area contributed by atoms with Crippen molar-refractivity contribution in [2.24, 2.45) is 0 Å². The number of nitrogens with zero attached hydrogens (tertiary/aromatic N) is 2. The van der Waals surface area contributed by atoms with Crippen molar-refractivity contribution in [2.45, 2.75) is 13.5 Å². The van der Waals surface area contributed by atoms with Crippen LogP contribution in [0.4, 0.5) is 0 Å². The van der Waals surface area contributed by atoms with E-state index in [1.807, 2.05) is 37.4 Å². The van der Waals surface area contributed by atoms with Crippen molar-refractivity contribution in [1.29, 1.82) is 0 Å². The van der Waals surface area contributed by atoms with Crippen molar-refractivity contribution in [3.8, 4) is 5.69 Å². The zero-order valence-corrected chi connectivity index (χ0v) is 11.0. The fourth-order valence-electron chi connectivity index (χ4n) is 1.58. The summed E-state index contributed by atoms with van der Waals surface area (Å²) in [6.45, 7) is 2.01. The highest BCUT2D eigenvalue weighted by Crippen LogP contribution is 2.16. The molecule has 2 aromatic rings. The van der Waals surface area contributed by atoms with Gasteiger partial charge in [0.1, 0.15) is 0 Å². The maximum absolute atomic E-state index is 10.9. The summed E-state index contributed by atoms with van der Waals surface area (Å²) in [4.78, 5) is 0. The van der Waals surface area contributed by atoms with E-state index in [9.17, 15) is 8.42 Å². The topological polar surface area (TPSA) is 61.2 Å². The van der Waals surface area contributed by atoms with Crippen LogP contribution in [0.3, 0.4) is 0 Å². The van der Waals surface area contributed by atoms with Crippen LogP contribution in [0.5, 0.6) is 0 Å². The highest BCUT2D eigenvalue weighted by Gasteiger charge is 2.06. The lowest BCUT2D eigenvalue weighted by atomic mass is 10.1. The second-order valence-corrected chi connectivity index (χ2v) is 5.68. The van der Waals surface area contributed by atoms with Gasteiger partial charge in [-0.3, -0.25) is 4.18 Å². The van der Waals surface area contributed by atoms with E-state index in [0.717, 1.165) is 23.1 Å². The van der Waals surface area contributed by atoms with Crippen LogP contribution in [-0.2, 0) is 20.9 Å². The van der Waals surface area contributed by atoms with Crippen molar-refractivity contribution < 1.29 is 12.6 Å². The van der Waals surface area contributed by atoms with Crippen LogP contribution >= 0.6 is 0 Å². The van der Waals surface area contributed by atoms with Crippen molar-refractivity contribution in [3.63, 3.8) is 0 Å². The van der Waals surface area contributed by atoms with Gasteiger partial charge >= 0.3 is 0 Å². The third-order valence-electron chi connectivity index (χ3n) is 2.46. The smallest absolute Gasteiger partial charge is 0.264 e. The minimum Gasteiger partial charge on any atom is -0.265 e. The molecule has 6 heteroatoms. The summed E-state index contributed by atoms with van der Waals surface area (Å²) in [6.07, 6.45) is 4.57. The van der Waals surface area contributed by atoms with Gasteiger partial charge in [-0.1, -0.05) is 12.1 Å². The fourth-order valence-corrected chi connectivity index (χ4v) is 1.93. The molecule has 0 bridgehead atoms. The molecule has 0 spiro atoms. The Morgan fingerprint density at radius 3 is 2.78 bits per heavy atom. The summed E-state index contributed by atoms with van der Waals surface area (Å²) in [5.41, 5.74) is 2.76.